The molecule has 7 heteroatoms. The SMILES string of the molecule is Cc1noc(CCC(=O)NC(C)C(O)c2ccc(Cl)cc2)n1. The summed E-state index contributed by atoms with van der Waals surface area (Å²) in [6.45, 7) is 3.46. The third-order valence-corrected chi connectivity index (χ3v) is 3.46. The number of hydrogen-bond donors (Lipinski definition) is 2. The van der Waals surface area contributed by atoms with Crippen molar-refractivity contribution >= 4 is 17.5 Å². The first-order valence-electron chi connectivity index (χ1n) is 6.98. The van der Waals surface area contributed by atoms with Crippen molar-refractivity contribution in [2.45, 2.75) is 38.8 Å². The van der Waals surface area contributed by atoms with Crippen molar-refractivity contribution in [3.8, 4) is 0 Å². The number of amides is 1. The lowest BCUT2D eigenvalue weighted by molar-refractivity contribution is -0.122. The maximum Gasteiger partial charge on any atom is 0.227 e. The highest BCUT2D eigenvalue weighted by Gasteiger charge is 2.18. The van der Waals surface area contributed by atoms with E-state index in [9.17, 15) is 9.90 Å². The normalized spacial score (nSPS) is 13.6. The van der Waals surface area contributed by atoms with Crippen molar-refractivity contribution in [3.05, 3.63) is 46.6 Å². The lowest BCUT2D eigenvalue weighted by Gasteiger charge is -2.20. The Morgan fingerprint density at radius 2 is 2.09 bits per heavy atom. The largest absolute Gasteiger partial charge is 0.386 e. The average molecular weight is 324 g/mol. The minimum Gasteiger partial charge on any atom is -0.386 e. The van der Waals surface area contributed by atoms with Crippen LogP contribution in [0.15, 0.2) is 28.8 Å². The van der Waals surface area contributed by atoms with E-state index in [0.29, 0.717) is 28.7 Å². The van der Waals surface area contributed by atoms with Gasteiger partial charge in [0.2, 0.25) is 11.8 Å². The zero-order valence-corrected chi connectivity index (χ0v) is 13.2. The van der Waals surface area contributed by atoms with Crippen molar-refractivity contribution in [3.63, 3.8) is 0 Å². The Labute approximate surface area is 133 Å². The highest BCUT2D eigenvalue weighted by molar-refractivity contribution is 6.30. The smallest absolute Gasteiger partial charge is 0.227 e. The molecule has 1 aromatic heterocycles. The number of carbonyl (C=O) groups excluding carboxylic acids is 1. The number of nitrogens with zero attached hydrogens (tertiary/aromatic N) is 2. The average Bonchev–Trinajstić information content (AvgIpc) is 2.91. The Morgan fingerprint density at radius 1 is 1.41 bits per heavy atom. The number of carbonyl (C=O) groups is 1. The van der Waals surface area contributed by atoms with E-state index in [1.807, 2.05) is 0 Å². The number of benzene rings is 1. The molecule has 0 aliphatic heterocycles. The van der Waals surface area contributed by atoms with Crippen molar-refractivity contribution in [2.75, 3.05) is 0 Å². The molecule has 1 heterocycles. The minimum atomic E-state index is -0.799. The van der Waals surface area contributed by atoms with Gasteiger partial charge in [-0.25, -0.2) is 0 Å². The van der Waals surface area contributed by atoms with E-state index in [0.717, 1.165) is 0 Å². The van der Waals surface area contributed by atoms with Crippen molar-refractivity contribution < 1.29 is 14.4 Å². The Morgan fingerprint density at radius 3 is 2.68 bits per heavy atom. The maximum absolute atomic E-state index is 11.9. The molecule has 0 aliphatic carbocycles. The topological polar surface area (TPSA) is 88.2 Å². The van der Waals surface area contributed by atoms with Crippen molar-refractivity contribution in [2.24, 2.45) is 0 Å². The zero-order chi connectivity index (χ0) is 16.1. The molecule has 1 aromatic carbocycles. The molecule has 118 valence electrons. The standard InChI is InChI=1S/C15H18ClN3O3/c1-9(15(21)11-3-5-12(16)6-4-11)17-13(20)7-8-14-18-10(2)19-22-14/h3-6,9,15,21H,7-8H2,1-2H3,(H,17,20). The lowest BCUT2D eigenvalue weighted by Crippen LogP contribution is -2.37. The van der Waals surface area contributed by atoms with Crippen LogP contribution in [-0.4, -0.2) is 27.2 Å². The van der Waals surface area contributed by atoms with E-state index in [2.05, 4.69) is 15.5 Å². The summed E-state index contributed by atoms with van der Waals surface area (Å²) < 4.78 is 4.94. The van der Waals surface area contributed by atoms with E-state index < -0.39 is 12.1 Å². The van der Waals surface area contributed by atoms with Crippen LogP contribution in [0, 0.1) is 6.92 Å². The number of nitrogens with one attached hydrogen (secondary N) is 1. The van der Waals surface area contributed by atoms with Gasteiger partial charge in [0.15, 0.2) is 5.82 Å². The third kappa shape index (κ3) is 4.54. The molecule has 0 saturated carbocycles. The van der Waals surface area contributed by atoms with Gasteiger partial charge in [0.1, 0.15) is 0 Å². The predicted octanol–water partition coefficient (Wildman–Crippen LogP) is 2.20. The van der Waals surface area contributed by atoms with E-state index in [-0.39, 0.29) is 12.3 Å². The van der Waals surface area contributed by atoms with E-state index in [1.54, 1.807) is 38.1 Å². The number of hydrogen-bond acceptors (Lipinski definition) is 5. The first kappa shape index (κ1) is 16.5. The molecule has 2 atom stereocenters. The highest BCUT2D eigenvalue weighted by atomic mass is 35.5. The third-order valence-electron chi connectivity index (χ3n) is 3.21. The number of aromatic nitrogens is 2. The molecule has 0 bridgehead atoms. The molecule has 6 nitrogen and oxygen atoms in total. The van der Waals surface area contributed by atoms with Crippen LogP contribution < -0.4 is 5.32 Å². The van der Waals surface area contributed by atoms with Gasteiger partial charge in [0.05, 0.1) is 12.1 Å². The summed E-state index contributed by atoms with van der Waals surface area (Å²) in [6, 6.07) is 6.45. The predicted molar refractivity (Wildman–Crippen MR) is 81.4 cm³/mol. The molecule has 2 N–H and O–H groups in total. The summed E-state index contributed by atoms with van der Waals surface area (Å²) >= 11 is 5.81. The fraction of sp³-hybridized carbons (Fsp3) is 0.400. The summed E-state index contributed by atoms with van der Waals surface area (Å²) in [7, 11) is 0. The second kappa shape index (κ2) is 7.38. The molecule has 2 aromatic rings. The number of aryl methyl sites for hydroxylation is 2. The van der Waals surface area contributed by atoms with Crippen LogP contribution in [0.1, 0.15) is 36.7 Å². The molecular formula is C15H18ClN3O3. The Kier molecular flexibility index (Phi) is 5.51. The van der Waals surface area contributed by atoms with Crippen LogP contribution in [-0.2, 0) is 11.2 Å². The first-order chi connectivity index (χ1) is 10.5. The second-order valence-electron chi connectivity index (χ2n) is 5.09. The van der Waals surface area contributed by atoms with E-state index in [1.165, 1.54) is 0 Å². The van der Waals surface area contributed by atoms with E-state index >= 15 is 0 Å². The Bertz CT molecular complexity index is 627. The fourth-order valence-electron chi connectivity index (χ4n) is 2.02. The van der Waals surface area contributed by atoms with Crippen LogP contribution in [0.2, 0.25) is 5.02 Å². The quantitative estimate of drug-likeness (QED) is 0.850. The Hall–Kier alpha value is -1.92. The van der Waals surface area contributed by atoms with Gasteiger partial charge >= 0.3 is 0 Å². The van der Waals surface area contributed by atoms with E-state index in [4.69, 9.17) is 16.1 Å². The van der Waals surface area contributed by atoms with Gasteiger partial charge in [-0.1, -0.05) is 28.9 Å². The van der Waals surface area contributed by atoms with Crippen LogP contribution in [0.3, 0.4) is 0 Å². The molecular weight excluding hydrogens is 306 g/mol. The summed E-state index contributed by atoms with van der Waals surface area (Å²) in [5, 5.41) is 17.2. The summed E-state index contributed by atoms with van der Waals surface area (Å²) in [5.74, 6) is 0.789. The Balaban J connectivity index is 1.83. The van der Waals surface area contributed by atoms with Crippen LogP contribution >= 0.6 is 11.6 Å². The molecule has 0 saturated heterocycles. The molecule has 0 aliphatic rings. The number of aliphatic hydroxyl groups is 1. The molecule has 0 fully saturated rings. The molecule has 0 radical (unpaired) electrons. The maximum atomic E-state index is 11.9. The molecule has 2 rings (SSSR count). The van der Waals surface area contributed by atoms with Crippen LogP contribution in [0.5, 0.6) is 0 Å². The first-order valence-corrected chi connectivity index (χ1v) is 7.35. The summed E-state index contributed by atoms with van der Waals surface area (Å²) in [5.41, 5.74) is 0.699. The van der Waals surface area contributed by atoms with Gasteiger partial charge in [-0.2, -0.15) is 4.98 Å². The van der Waals surface area contributed by atoms with Crippen LogP contribution in [0.4, 0.5) is 0 Å². The van der Waals surface area contributed by atoms with Gasteiger partial charge in [-0.05, 0) is 31.5 Å². The molecule has 0 spiro atoms. The second-order valence-corrected chi connectivity index (χ2v) is 5.52. The van der Waals surface area contributed by atoms with Gasteiger partial charge in [-0.15, -0.1) is 0 Å². The highest BCUT2D eigenvalue weighted by Crippen LogP contribution is 2.19. The number of rotatable bonds is 6. The van der Waals surface area contributed by atoms with Crippen molar-refractivity contribution in [1.82, 2.24) is 15.5 Å². The lowest BCUT2D eigenvalue weighted by atomic mass is 10.0. The summed E-state index contributed by atoms with van der Waals surface area (Å²) in [6.07, 6.45) is -0.206. The van der Waals surface area contributed by atoms with Gasteiger partial charge in [-0.3, -0.25) is 4.79 Å². The number of halogens is 1. The van der Waals surface area contributed by atoms with Gasteiger partial charge in [0, 0.05) is 17.9 Å². The van der Waals surface area contributed by atoms with Crippen LogP contribution in [0.25, 0.3) is 0 Å². The molecule has 1 amide bonds. The summed E-state index contributed by atoms with van der Waals surface area (Å²) in [4.78, 5) is 15.9. The number of aliphatic hydroxyl groups excluding tert-OH is 1. The van der Waals surface area contributed by atoms with Gasteiger partial charge in [0.25, 0.3) is 0 Å². The molecule has 2 unspecified atom stereocenters. The fourth-order valence-corrected chi connectivity index (χ4v) is 2.14. The monoisotopic (exact) mass is 323 g/mol. The zero-order valence-electron chi connectivity index (χ0n) is 12.4. The molecule has 22 heavy (non-hydrogen) atoms. The van der Waals surface area contributed by atoms with Crippen molar-refractivity contribution in [1.29, 1.82) is 0 Å². The van der Waals surface area contributed by atoms with Gasteiger partial charge < -0.3 is 14.9 Å². The minimum absolute atomic E-state index is 0.184.